The first-order valence-corrected chi connectivity index (χ1v) is 6.84. The zero-order valence-corrected chi connectivity index (χ0v) is 12.4. The summed E-state index contributed by atoms with van der Waals surface area (Å²) in [4.78, 5) is 12.2. The third kappa shape index (κ3) is 2.23. The van der Waals surface area contributed by atoms with E-state index in [1.807, 2.05) is 20.8 Å². The van der Waals surface area contributed by atoms with Gasteiger partial charge in [0.05, 0.1) is 23.9 Å². The molecular formula is C14H22N2O4. The van der Waals surface area contributed by atoms with Crippen molar-refractivity contribution in [3.05, 3.63) is 17.5 Å². The molecule has 6 nitrogen and oxygen atoms in total. The molecular weight excluding hydrogens is 260 g/mol. The van der Waals surface area contributed by atoms with Gasteiger partial charge >= 0.3 is 0 Å². The van der Waals surface area contributed by atoms with Crippen LogP contribution in [-0.2, 0) is 4.74 Å². The van der Waals surface area contributed by atoms with E-state index in [4.69, 9.17) is 9.26 Å². The Labute approximate surface area is 118 Å². The molecule has 112 valence electrons. The molecule has 1 saturated carbocycles. The Balaban J connectivity index is 2.12. The molecule has 1 heterocycles. The van der Waals surface area contributed by atoms with Crippen molar-refractivity contribution in [2.24, 2.45) is 5.41 Å². The number of nitrogens with zero attached hydrogens (tertiary/aromatic N) is 1. The Bertz CT molecular complexity index is 497. The number of ether oxygens (including phenoxy) is 1. The van der Waals surface area contributed by atoms with Crippen molar-refractivity contribution in [2.75, 3.05) is 13.2 Å². The summed E-state index contributed by atoms with van der Waals surface area (Å²) in [5, 5.41) is 16.3. The van der Waals surface area contributed by atoms with Crippen LogP contribution in [0.3, 0.4) is 0 Å². The molecule has 0 spiro atoms. The van der Waals surface area contributed by atoms with E-state index < -0.39 is 5.54 Å². The monoisotopic (exact) mass is 282 g/mol. The molecule has 0 radical (unpaired) electrons. The van der Waals surface area contributed by atoms with Gasteiger partial charge < -0.3 is 19.7 Å². The lowest BCUT2D eigenvalue weighted by molar-refractivity contribution is -0.172. The Morgan fingerprint density at radius 3 is 2.80 bits per heavy atom. The summed E-state index contributed by atoms with van der Waals surface area (Å²) in [6, 6.07) is 1.58. The van der Waals surface area contributed by atoms with Crippen molar-refractivity contribution in [2.45, 2.75) is 45.8 Å². The fourth-order valence-electron chi connectivity index (χ4n) is 2.75. The molecule has 1 fully saturated rings. The highest BCUT2D eigenvalue weighted by molar-refractivity contribution is 5.92. The number of aryl methyl sites for hydroxylation is 1. The number of hydrogen-bond acceptors (Lipinski definition) is 5. The molecule has 2 atom stereocenters. The number of hydrogen-bond donors (Lipinski definition) is 2. The molecule has 0 bridgehead atoms. The maximum Gasteiger partial charge on any atom is 0.290 e. The first-order valence-electron chi connectivity index (χ1n) is 6.84. The third-order valence-electron chi connectivity index (χ3n) is 4.41. The van der Waals surface area contributed by atoms with Crippen LogP contribution in [0.15, 0.2) is 10.6 Å². The van der Waals surface area contributed by atoms with E-state index in [0.29, 0.717) is 18.7 Å². The highest BCUT2D eigenvalue weighted by Gasteiger charge is 2.61. The van der Waals surface area contributed by atoms with Gasteiger partial charge in [-0.1, -0.05) is 19.0 Å². The summed E-state index contributed by atoms with van der Waals surface area (Å²) in [6.07, 6.45) is 0.611. The quantitative estimate of drug-likeness (QED) is 0.849. The van der Waals surface area contributed by atoms with E-state index in [9.17, 15) is 9.90 Å². The number of rotatable bonds is 5. The molecule has 1 aliphatic rings. The van der Waals surface area contributed by atoms with Gasteiger partial charge in [-0.2, -0.15) is 0 Å². The largest absolute Gasteiger partial charge is 0.394 e. The van der Waals surface area contributed by atoms with Gasteiger partial charge in [0.15, 0.2) is 0 Å². The topological polar surface area (TPSA) is 84.6 Å². The molecule has 1 amide bonds. The van der Waals surface area contributed by atoms with Gasteiger partial charge in [0, 0.05) is 24.5 Å². The first kappa shape index (κ1) is 15.0. The van der Waals surface area contributed by atoms with Crippen LogP contribution in [0.1, 0.15) is 43.4 Å². The maximum absolute atomic E-state index is 12.2. The summed E-state index contributed by atoms with van der Waals surface area (Å²) in [5.41, 5.74) is -0.388. The first-order chi connectivity index (χ1) is 9.36. The number of amides is 1. The Morgan fingerprint density at radius 1 is 1.65 bits per heavy atom. The minimum Gasteiger partial charge on any atom is -0.394 e. The van der Waals surface area contributed by atoms with Gasteiger partial charge in [-0.05, 0) is 13.8 Å². The number of carbonyl (C=O) groups excluding carboxylic acids is 1. The summed E-state index contributed by atoms with van der Waals surface area (Å²) >= 11 is 0. The van der Waals surface area contributed by atoms with Gasteiger partial charge in [0.2, 0.25) is 5.76 Å². The second-order valence-corrected chi connectivity index (χ2v) is 5.90. The fourth-order valence-corrected chi connectivity index (χ4v) is 2.75. The number of aliphatic hydroxyl groups excluding tert-OH is 1. The number of aliphatic hydroxyl groups is 1. The van der Waals surface area contributed by atoms with Crippen LogP contribution in [0, 0.1) is 12.3 Å². The van der Waals surface area contributed by atoms with Crippen LogP contribution in [0.4, 0.5) is 0 Å². The lowest BCUT2D eigenvalue weighted by atomic mass is 9.54. The molecule has 1 aromatic heterocycles. The minimum absolute atomic E-state index is 0.0245. The number of carbonyl (C=O) groups is 1. The third-order valence-corrected chi connectivity index (χ3v) is 4.41. The van der Waals surface area contributed by atoms with Crippen molar-refractivity contribution in [1.82, 2.24) is 10.5 Å². The summed E-state index contributed by atoms with van der Waals surface area (Å²) in [7, 11) is 0. The number of aromatic nitrogens is 1. The second kappa shape index (κ2) is 5.18. The summed E-state index contributed by atoms with van der Waals surface area (Å²) in [5.74, 6) is -0.200. The van der Waals surface area contributed by atoms with Gasteiger partial charge in [-0.3, -0.25) is 4.79 Å². The zero-order valence-electron chi connectivity index (χ0n) is 12.4. The van der Waals surface area contributed by atoms with E-state index in [2.05, 4.69) is 10.5 Å². The second-order valence-electron chi connectivity index (χ2n) is 5.90. The van der Waals surface area contributed by atoms with Gasteiger partial charge in [0.1, 0.15) is 0 Å². The fraction of sp³-hybridized carbons (Fsp3) is 0.714. The molecule has 0 saturated heterocycles. The van der Waals surface area contributed by atoms with Gasteiger partial charge in [-0.15, -0.1) is 0 Å². The predicted molar refractivity (Wildman–Crippen MR) is 72.3 cm³/mol. The van der Waals surface area contributed by atoms with Crippen molar-refractivity contribution in [1.29, 1.82) is 0 Å². The van der Waals surface area contributed by atoms with E-state index >= 15 is 0 Å². The Kier molecular flexibility index (Phi) is 3.88. The average Bonchev–Trinajstić information content (AvgIpc) is 2.83. The van der Waals surface area contributed by atoms with Crippen LogP contribution >= 0.6 is 0 Å². The minimum atomic E-state index is -0.690. The molecule has 6 heteroatoms. The SMILES string of the molecule is CCOC1CC(CO)(NC(=O)c2cc(C)no2)C1(C)C. The molecule has 2 unspecified atom stereocenters. The molecule has 1 aliphatic carbocycles. The van der Waals surface area contributed by atoms with Crippen LogP contribution < -0.4 is 5.32 Å². The average molecular weight is 282 g/mol. The summed E-state index contributed by atoms with van der Waals surface area (Å²) < 4.78 is 10.6. The van der Waals surface area contributed by atoms with Crippen LogP contribution in [0.25, 0.3) is 0 Å². The van der Waals surface area contributed by atoms with Crippen molar-refractivity contribution in [3.63, 3.8) is 0 Å². The zero-order chi connectivity index (χ0) is 15.0. The van der Waals surface area contributed by atoms with Crippen molar-refractivity contribution >= 4 is 5.91 Å². The maximum atomic E-state index is 12.2. The van der Waals surface area contributed by atoms with E-state index in [-0.39, 0.29) is 29.8 Å². The van der Waals surface area contributed by atoms with Crippen LogP contribution in [0.5, 0.6) is 0 Å². The number of nitrogens with one attached hydrogen (secondary N) is 1. The molecule has 0 aromatic carbocycles. The standard InChI is InChI=1S/C14H22N2O4/c1-5-19-11-7-14(8-17,13(11,3)4)15-12(18)10-6-9(2)16-20-10/h6,11,17H,5,7-8H2,1-4H3,(H,15,18). The van der Waals surface area contributed by atoms with E-state index in [0.717, 1.165) is 0 Å². The molecule has 20 heavy (non-hydrogen) atoms. The Hall–Kier alpha value is -1.40. The molecule has 0 aliphatic heterocycles. The van der Waals surface area contributed by atoms with Crippen molar-refractivity contribution < 1.29 is 19.2 Å². The van der Waals surface area contributed by atoms with E-state index in [1.54, 1.807) is 13.0 Å². The van der Waals surface area contributed by atoms with Crippen LogP contribution in [-0.4, -0.2) is 41.0 Å². The van der Waals surface area contributed by atoms with Crippen molar-refractivity contribution in [3.8, 4) is 0 Å². The highest BCUT2D eigenvalue weighted by Crippen LogP contribution is 2.51. The van der Waals surface area contributed by atoms with Crippen LogP contribution in [0.2, 0.25) is 0 Å². The molecule has 2 rings (SSSR count). The smallest absolute Gasteiger partial charge is 0.290 e. The van der Waals surface area contributed by atoms with E-state index in [1.165, 1.54) is 0 Å². The molecule has 1 aromatic rings. The normalized spacial score (nSPS) is 27.9. The van der Waals surface area contributed by atoms with Gasteiger partial charge in [-0.25, -0.2) is 0 Å². The predicted octanol–water partition coefficient (Wildman–Crippen LogP) is 1.28. The lowest BCUT2D eigenvalue weighted by Crippen LogP contribution is -2.74. The molecule has 2 N–H and O–H groups in total. The van der Waals surface area contributed by atoms with Gasteiger partial charge in [0.25, 0.3) is 5.91 Å². The summed E-state index contributed by atoms with van der Waals surface area (Å²) in [6.45, 7) is 8.14. The Morgan fingerprint density at radius 2 is 2.35 bits per heavy atom. The lowest BCUT2D eigenvalue weighted by Gasteiger charge is -2.60. The highest BCUT2D eigenvalue weighted by atomic mass is 16.5.